The van der Waals surface area contributed by atoms with E-state index in [2.05, 4.69) is 26.8 Å². The molecule has 2 unspecified atom stereocenters. The maximum Gasteiger partial charge on any atom is 0.261 e. The summed E-state index contributed by atoms with van der Waals surface area (Å²) in [6, 6.07) is -3.89. The molecule has 0 bridgehead atoms. The lowest BCUT2D eigenvalue weighted by molar-refractivity contribution is 0.112. The zero-order valence-electron chi connectivity index (χ0n) is 14.5. The van der Waals surface area contributed by atoms with Gasteiger partial charge in [-0.25, -0.2) is 26.3 Å². The molecule has 0 spiro atoms. The fraction of sp³-hybridized carbons (Fsp3) is 0.667. The summed E-state index contributed by atoms with van der Waals surface area (Å²) in [6.45, 7) is -0.0355. The number of aliphatic hydroxyl groups is 1. The highest BCUT2D eigenvalue weighted by Gasteiger charge is 2.24. The number of hydrogen-bond donors (Lipinski definition) is 3. The SMILES string of the molecule is CC(C)(C#Cc1nc(NC(CF)C(F)F)nc(NC(CF)C(F)F)n1)CO. The smallest absolute Gasteiger partial charge is 0.261 e. The minimum atomic E-state index is -3.09. The molecular weight excluding hydrogens is 380 g/mol. The molecule has 1 rings (SSSR count). The Kier molecular flexibility index (Phi) is 8.55. The summed E-state index contributed by atoms with van der Waals surface area (Å²) in [5, 5.41) is 13.2. The zero-order valence-corrected chi connectivity index (χ0v) is 14.5. The average molecular weight is 399 g/mol. The standard InChI is InChI=1S/C15H19F6N5O/c1-15(2,7-27)4-3-10-24-13(22-8(5-16)11(18)19)26-14(25-10)23-9(6-17)12(20)21/h8-9,11-12,27H,5-7H2,1-2H3,(H2,22,23,24,25,26). The summed E-state index contributed by atoms with van der Waals surface area (Å²) in [5.74, 6) is 3.63. The number of nitrogens with zero attached hydrogens (tertiary/aromatic N) is 3. The first-order valence-corrected chi connectivity index (χ1v) is 7.73. The van der Waals surface area contributed by atoms with Crippen molar-refractivity contribution >= 4 is 11.9 Å². The van der Waals surface area contributed by atoms with Gasteiger partial charge in [-0.1, -0.05) is 5.92 Å². The van der Waals surface area contributed by atoms with E-state index in [0.717, 1.165) is 0 Å². The first-order chi connectivity index (χ1) is 12.6. The second-order valence-electron chi connectivity index (χ2n) is 6.08. The fourth-order valence-corrected chi connectivity index (χ4v) is 1.50. The van der Waals surface area contributed by atoms with Crippen LogP contribution in [0.1, 0.15) is 19.7 Å². The van der Waals surface area contributed by atoms with Crippen LogP contribution in [0, 0.1) is 17.3 Å². The molecule has 0 aliphatic carbocycles. The number of aliphatic hydroxyl groups excluding tert-OH is 1. The topological polar surface area (TPSA) is 83.0 Å². The van der Waals surface area contributed by atoms with Crippen LogP contribution < -0.4 is 10.6 Å². The number of aromatic nitrogens is 3. The molecule has 0 aromatic carbocycles. The lowest BCUT2D eigenvalue weighted by Crippen LogP contribution is -2.33. The molecule has 6 nitrogen and oxygen atoms in total. The van der Waals surface area contributed by atoms with Crippen molar-refractivity contribution in [2.24, 2.45) is 5.41 Å². The maximum absolute atomic E-state index is 12.7. The first-order valence-electron chi connectivity index (χ1n) is 7.73. The molecule has 0 radical (unpaired) electrons. The van der Waals surface area contributed by atoms with Gasteiger partial charge in [0.1, 0.15) is 25.4 Å². The van der Waals surface area contributed by atoms with E-state index >= 15 is 0 Å². The summed E-state index contributed by atoms with van der Waals surface area (Å²) in [6.07, 6.45) is -6.18. The summed E-state index contributed by atoms with van der Waals surface area (Å²) in [7, 11) is 0. The van der Waals surface area contributed by atoms with Crippen molar-refractivity contribution in [1.82, 2.24) is 15.0 Å². The Morgan fingerprint density at radius 1 is 0.926 bits per heavy atom. The van der Waals surface area contributed by atoms with Crippen molar-refractivity contribution < 1.29 is 31.4 Å². The van der Waals surface area contributed by atoms with Crippen molar-refractivity contribution in [3.8, 4) is 11.8 Å². The second-order valence-corrected chi connectivity index (χ2v) is 6.08. The number of anilines is 2. The predicted molar refractivity (Wildman–Crippen MR) is 86.4 cm³/mol. The highest BCUT2D eigenvalue weighted by molar-refractivity contribution is 5.40. The van der Waals surface area contributed by atoms with Crippen LogP contribution in [0.3, 0.4) is 0 Å². The Hall–Kier alpha value is -2.29. The molecule has 1 aromatic heterocycles. The molecule has 0 saturated heterocycles. The van der Waals surface area contributed by atoms with E-state index in [1.54, 1.807) is 13.8 Å². The quantitative estimate of drug-likeness (QED) is 0.437. The van der Waals surface area contributed by atoms with Gasteiger partial charge in [0.05, 0.1) is 6.61 Å². The third-order valence-corrected chi connectivity index (χ3v) is 3.11. The molecule has 0 fully saturated rings. The Morgan fingerprint density at radius 2 is 1.37 bits per heavy atom. The van der Waals surface area contributed by atoms with Crippen molar-refractivity contribution in [3.63, 3.8) is 0 Å². The number of halogens is 6. The van der Waals surface area contributed by atoms with Gasteiger partial charge in [0, 0.05) is 5.41 Å². The van der Waals surface area contributed by atoms with Crippen LogP contribution in [0.5, 0.6) is 0 Å². The van der Waals surface area contributed by atoms with Gasteiger partial charge in [-0.15, -0.1) is 0 Å². The monoisotopic (exact) mass is 399 g/mol. The van der Waals surface area contributed by atoms with E-state index in [9.17, 15) is 31.4 Å². The third kappa shape index (κ3) is 7.46. The molecule has 1 aromatic rings. The van der Waals surface area contributed by atoms with Crippen molar-refractivity contribution in [2.75, 3.05) is 30.6 Å². The van der Waals surface area contributed by atoms with Crippen LogP contribution in [-0.2, 0) is 0 Å². The molecule has 0 aliphatic heterocycles. The third-order valence-electron chi connectivity index (χ3n) is 3.11. The normalized spacial score (nSPS) is 13.9. The van der Waals surface area contributed by atoms with Crippen LogP contribution >= 0.6 is 0 Å². The number of nitrogens with one attached hydrogen (secondary N) is 2. The van der Waals surface area contributed by atoms with E-state index in [4.69, 9.17) is 0 Å². The molecular formula is C15H19F6N5O. The molecule has 0 saturated carbocycles. The second kappa shape index (κ2) is 10.1. The van der Waals surface area contributed by atoms with Crippen LogP contribution in [0.4, 0.5) is 38.2 Å². The van der Waals surface area contributed by atoms with Crippen molar-refractivity contribution in [2.45, 2.75) is 38.8 Å². The highest BCUT2D eigenvalue weighted by Crippen LogP contribution is 2.15. The van der Waals surface area contributed by atoms with E-state index in [-0.39, 0.29) is 12.4 Å². The van der Waals surface area contributed by atoms with Crippen LogP contribution in [0.25, 0.3) is 0 Å². The highest BCUT2D eigenvalue weighted by atomic mass is 19.3. The van der Waals surface area contributed by atoms with Crippen molar-refractivity contribution in [3.05, 3.63) is 5.82 Å². The molecule has 152 valence electrons. The Bertz CT molecular complexity index is 628. The van der Waals surface area contributed by atoms with Gasteiger partial charge in [-0.3, -0.25) is 0 Å². The van der Waals surface area contributed by atoms with Gasteiger partial charge in [-0.05, 0) is 19.8 Å². The van der Waals surface area contributed by atoms with Gasteiger partial charge < -0.3 is 15.7 Å². The number of alkyl halides is 6. The summed E-state index contributed by atoms with van der Waals surface area (Å²) < 4.78 is 76.2. The largest absolute Gasteiger partial charge is 0.395 e. The summed E-state index contributed by atoms with van der Waals surface area (Å²) in [4.78, 5) is 11.0. The molecule has 2 atom stereocenters. The Morgan fingerprint density at radius 3 is 1.70 bits per heavy atom. The predicted octanol–water partition coefficient (Wildman–Crippen LogP) is 2.27. The molecule has 12 heteroatoms. The molecule has 0 amide bonds. The molecule has 1 heterocycles. The maximum atomic E-state index is 12.7. The van der Waals surface area contributed by atoms with Gasteiger partial charge in [-0.2, -0.15) is 15.0 Å². The zero-order chi connectivity index (χ0) is 20.6. The minimum absolute atomic E-state index is 0.314. The van der Waals surface area contributed by atoms with Crippen LogP contribution in [0.2, 0.25) is 0 Å². The van der Waals surface area contributed by atoms with Gasteiger partial charge in [0.25, 0.3) is 12.9 Å². The van der Waals surface area contributed by atoms with Gasteiger partial charge in [0.2, 0.25) is 17.7 Å². The van der Waals surface area contributed by atoms with Gasteiger partial charge >= 0.3 is 0 Å². The number of hydrogen-bond acceptors (Lipinski definition) is 6. The average Bonchev–Trinajstić information content (AvgIpc) is 2.62. The molecule has 0 aliphatic rings. The van der Waals surface area contributed by atoms with Crippen molar-refractivity contribution in [1.29, 1.82) is 0 Å². The van der Waals surface area contributed by atoms with E-state index in [1.165, 1.54) is 0 Å². The minimum Gasteiger partial charge on any atom is -0.395 e. The molecule has 3 N–H and O–H groups in total. The summed E-state index contributed by atoms with van der Waals surface area (Å²) in [5.41, 5.74) is -0.858. The lowest BCUT2D eigenvalue weighted by atomic mass is 9.96. The van der Waals surface area contributed by atoms with Crippen LogP contribution in [0.15, 0.2) is 0 Å². The number of rotatable bonds is 9. The lowest BCUT2D eigenvalue weighted by Gasteiger charge is -2.17. The first kappa shape index (κ1) is 22.8. The Balaban J connectivity index is 3.25. The summed E-state index contributed by atoms with van der Waals surface area (Å²) >= 11 is 0. The van der Waals surface area contributed by atoms with E-state index in [1.807, 2.05) is 10.6 Å². The van der Waals surface area contributed by atoms with Crippen LogP contribution in [-0.4, -0.2) is 64.9 Å². The fourth-order valence-electron chi connectivity index (χ4n) is 1.50. The Labute approximate surface area is 151 Å². The molecule has 27 heavy (non-hydrogen) atoms. The van der Waals surface area contributed by atoms with Gasteiger partial charge in [0.15, 0.2) is 0 Å². The van der Waals surface area contributed by atoms with E-state index < -0.39 is 55.6 Å². The van der Waals surface area contributed by atoms with E-state index in [0.29, 0.717) is 0 Å².